The third-order valence-electron chi connectivity index (χ3n) is 5.44. The van der Waals surface area contributed by atoms with E-state index in [1.165, 1.54) is 53.2 Å². The van der Waals surface area contributed by atoms with Crippen LogP contribution in [0.2, 0.25) is 0 Å². The molecule has 6 aromatic rings. The van der Waals surface area contributed by atoms with Crippen LogP contribution in [0.1, 0.15) is 5.56 Å². The van der Waals surface area contributed by atoms with Crippen LogP contribution >= 0.6 is 11.3 Å². The van der Waals surface area contributed by atoms with E-state index in [1.807, 2.05) is 11.3 Å². The highest BCUT2D eigenvalue weighted by molar-refractivity contribution is 7.26. The Bertz CT molecular complexity index is 1470. The van der Waals surface area contributed by atoms with Crippen LogP contribution in [0.4, 0.5) is 0 Å². The Balaban J connectivity index is 1.93. The highest BCUT2D eigenvalue weighted by atomic mass is 32.1. The number of hydrogen-bond acceptors (Lipinski definition) is 1. The van der Waals surface area contributed by atoms with E-state index in [0.717, 1.165) is 0 Å². The second-order valence-corrected chi connectivity index (χ2v) is 8.21. The standard InChI is InChI=1S/C25H17NS/c1-16-11-12-20-23(15-16)27-22-14-13-19-18-9-5-6-10-21(18)26(25(19)24(20)22)17-7-3-2-4-8-17/h2-15H,1H3. The minimum Gasteiger partial charge on any atom is -0.309 e. The molecule has 2 aromatic heterocycles. The lowest BCUT2D eigenvalue weighted by molar-refractivity contribution is 1.19. The molecule has 128 valence electrons. The molecule has 0 saturated heterocycles. The predicted octanol–water partition coefficient (Wildman–Crippen LogP) is 7.46. The summed E-state index contributed by atoms with van der Waals surface area (Å²) in [4.78, 5) is 0. The zero-order valence-electron chi connectivity index (χ0n) is 14.9. The Morgan fingerprint density at radius 3 is 2.33 bits per heavy atom. The van der Waals surface area contributed by atoms with Crippen LogP contribution in [-0.2, 0) is 0 Å². The van der Waals surface area contributed by atoms with E-state index < -0.39 is 0 Å². The fourth-order valence-electron chi connectivity index (χ4n) is 4.27. The number of thiophene rings is 1. The largest absolute Gasteiger partial charge is 0.309 e. The summed E-state index contributed by atoms with van der Waals surface area (Å²) in [7, 11) is 0. The first-order chi connectivity index (χ1) is 13.3. The van der Waals surface area contributed by atoms with Crippen molar-refractivity contribution >= 4 is 53.3 Å². The molecule has 0 saturated carbocycles. The molecule has 0 fully saturated rings. The van der Waals surface area contributed by atoms with Crippen molar-refractivity contribution in [2.75, 3.05) is 0 Å². The third kappa shape index (κ3) is 2.05. The SMILES string of the molecule is Cc1ccc2c(c1)sc1ccc3c4ccccc4n(-c4ccccc4)c3c12. The van der Waals surface area contributed by atoms with Crippen molar-refractivity contribution in [2.45, 2.75) is 6.92 Å². The van der Waals surface area contributed by atoms with Gasteiger partial charge in [-0.1, -0.05) is 54.6 Å². The lowest BCUT2D eigenvalue weighted by Crippen LogP contribution is -1.93. The molecule has 0 atom stereocenters. The number of para-hydroxylation sites is 2. The maximum atomic E-state index is 2.43. The molecule has 0 aliphatic heterocycles. The van der Waals surface area contributed by atoms with Gasteiger partial charge < -0.3 is 4.57 Å². The summed E-state index contributed by atoms with van der Waals surface area (Å²) in [5.74, 6) is 0. The highest BCUT2D eigenvalue weighted by Crippen LogP contribution is 2.42. The average Bonchev–Trinajstić information content (AvgIpc) is 3.23. The normalized spacial score (nSPS) is 11.9. The van der Waals surface area contributed by atoms with E-state index in [-0.39, 0.29) is 0 Å². The Morgan fingerprint density at radius 2 is 1.44 bits per heavy atom. The minimum absolute atomic E-state index is 1.21. The molecule has 0 aliphatic rings. The van der Waals surface area contributed by atoms with Crippen molar-refractivity contribution in [3.05, 3.63) is 90.5 Å². The van der Waals surface area contributed by atoms with Crippen molar-refractivity contribution in [2.24, 2.45) is 0 Å². The van der Waals surface area contributed by atoms with Crippen molar-refractivity contribution in [3.63, 3.8) is 0 Å². The van der Waals surface area contributed by atoms with Crippen molar-refractivity contribution in [1.29, 1.82) is 0 Å². The van der Waals surface area contributed by atoms with Gasteiger partial charge in [-0.15, -0.1) is 11.3 Å². The first kappa shape index (κ1) is 15.0. The van der Waals surface area contributed by atoms with Crippen molar-refractivity contribution < 1.29 is 0 Å². The topological polar surface area (TPSA) is 4.93 Å². The van der Waals surface area contributed by atoms with Gasteiger partial charge in [0.2, 0.25) is 0 Å². The predicted molar refractivity (Wildman–Crippen MR) is 118 cm³/mol. The van der Waals surface area contributed by atoms with Gasteiger partial charge in [-0.05, 0) is 42.8 Å². The molecule has 0 radical (unpaired) electrons. The molecule has 0 N–H and O–H groups in total. The van der Waals surface area contributed by atoms with Gasteiger partial charge in [0.05, 0.1) is 11.0 Å². The molecule has 6 rings (SSSR count). The van der Waals surface area contributed by atoms with Gasteiger partial charge in [0.1, 0.15) is 0 Å². The summed E-state index contributed by atoms with van der Waals surface area (Å²) >= 11 is 1.89. The van der Waals surface area contributed by atoms with Gasteiger partial charge in [0.25, 0.3) is 0 Å². The number of fused-ring (bicyclic) bond motifs is 7. The van der Waals surface area contributed by atoms with Crippen LogP contribution in [-0.4, -0.2) is 4.57 Å². The molecule has 0 aliphatic carbocycles. The first-order valence-electron chi connectivity index (χ1n) is 9.22. The summed E-state index contributed by atoms with van der Waals surface area (Å²) in [6.07, 6.45) is 0. The number of hydrogen-bond donors (Lipinski definition) is 0. The number of rotatable bonds is 1. The van der Waals surface area contributed by atoms with E-state index in [0.29, 0.717) is 0 Å². The number of aryl methyl sites for hydroxylation is 1. The third-order valence-corrected chi connectivity index (χ3v) is 6.56. The second kappa shape index (κ2) is 5.45. The van der Waals surface area contributed by atoms with E-state index in [4.69, 9.17) is 0 Å². The molecule has 2 heteroatoms. The fourth-order valence-corrected chi connectivity index (χ4v) is 5.48. The first-order valence-corrected chi connectivity index (χ1v) is 10.0. The molecule has 27 heavy (non-hydrogen) atoms. The molecule has 0 bridgehead atoms. The maximum Gasteiger partial charge on any atom is 0.0634 e. The summed E-state index contributed by atoms with van der Waals surface area (Å²) in [6.45, 7) is 2.17. The zero-order chi connectivity index (χ0) is 18.0. The quantitative estimate of drug-likeness (QED) is 0.286. The lowest BCUT2D eigenvalue weighted by atomic mass is 10.1. The maximum absolute atomic E-state index is 2.43. The van der Waals surface area contributed by atoms with E-state index >= 15 is 0 Å². The van der Waals surface area contributed by atoms with E-state index in [2.05, 4.69) is 96.4 Å². The van der Waals surface area contributed by atoms with Crippen LogP contribution in [0.15, 0.2) is 84.9 Å². The molecule has 0 spiro atoms. The van der Waals surface area contributed by atoms with Gasteiger partial charge in [0.15, 0.2) is 0 Å². The van der Waals surface area contributed by atoms with Crippen LogP contribution in [0, 0.1) is 6.92 Å². The molecule has 4 aromatic carbocycles. The number of nitrogens with zero attached hydrogens (tertiary/aromatic N) is 1. The van der Waals surface area contributed by atoms with E-state index in [1.54, 1.807) is 0 Å². The monoisotopic (exact) mass is 363 g/mol. The molecule has 1 nitrogen and oxygen atoms in total. The summed E-state index contributed by atoms with van der Waals surface area (Å²) in [6, 6.07) is 30.8. The van der Waals surface area contributed by atoms with Gasteiger partial charge in [-0.25, -0.2) is 0 Å². The van der Waals surface area contributed by atoms with Crippen LogP contribution in [0.5, 0.6) is 0 Å². The molecule has 0 amide bonds. The molecule has 0 unspecified atom stereocenters. The molecular weight excluding hydrogens is 346 g/mol. The Hall–Kier alpha value is -3.10. The minimum atomic E-state index is 1.21. The lowest BCUT2D eigenvalue weighted by Gasteiger charge is -2.08. The van der Waals surface area contributed by atoms with Gasteiger partial charge in [-0.3, -0.25) is 0 Å². The van der Waals surface area contributed by atoms with Crippen LogP contribution in [0.3, 0.4) is 0 Å². The highest BCUT2D eigenvalue weighted by Gasteiger charge is 2.17. The van der Waals surface area contributed by atoms with E-state index in [9.17, 15) is 0 Å². The smallest absolute Gasteiger partial charge is 0.0634 e. The van der Waals surface area contributed by atoms with Crippen molar-refractivity contribution in [3.8, 4) is 5.69 Å². The second-order valence-electron chi connectivity index (χ2n) is 7.12. The number of benzene rings is 4. The average molecular weight is 363 g/mol. The number of aromatic nitrogens is 1. The summed E-state index contributed by atoms with van der Waals surface area (Å²) in [5.41, 5.74) is 5.10. The van der Waals surface area contributed by atoms with Gasteiger partial charge in [0, 0.05) is 36.6 Å². The van der Waals surface area contributed by atoms with Gasteiger partial charge >= 0.3 is 0 Å². The Labute approximate surface area is 161 Å². The zero-order valence-corrected chi connectivity index (χ0v) is 15.8. The van der Waals surface area contributed by atoms with Crippen molar-refractivity contribution in [1.82, 2.24) is 4.57 Å². The molecule has 2 heterocycles. The van der Waals surface area contributed by atoms with Crippen LogP contribution < -0.4 is 0 Å². The molecular formula is C25H17NS. The fraction of sp³-hybridized carbons (Fsp3) is 0.0400. The Kier molecular flexibility index (Phi) is 3.03. The Morgan fingerprint density at radius 1 is 0.667 bits per heavy atom. The van der Waals surface area contributed by atoms with Gasteiger partial charge in [-0.2, -0.15) is 0 Å². The summed E-state index contributed by atoms with van der Waals surface area (Å²) in [5, 5.41) is 5.35. The van der Waals surface area contributed by atoms with Crippen LogP contribution in [0.25, 0.3) is 47.7 Å². The summed E-state index contributed by atoms with van der Waals surface area (Å²) < 4.78 is 5.14.